The third-order valence-electron chi connectivity index (χ3n) is 2.37. The zero-order valence-corrected chi connectivity index (χ0v) is 10.5. The van der Waals surface area contributed by atoms with E-state index in [0.717, 1.165) is 26.1 Å². The van der Waals surface area contributed by atoms with Crippen molar-refractivity contribution in [1.82, 2.24) is 10.2 Å². The first-order valence-electron chi connectivity index (χ1n) is 5.63. The van der Waals surface area contributed by atoms with E-state index in [0.29, 0.717) is 13.2 Å². The summed E-state index contributed by atoms with van der Waals surface area (Å²) < 4.78 is 5.41. The topological polar surface area (TPSA) is 44.7 Å². The Hall–Kier alpha value is -0.160. The lowest BCUT2D eigenvalue weighted by molar-refractivity contribution is 0.0518. The van der Waals surface area contributed by atoms with Crippen molar-refractivity contribution in [3.8, 4) is 0 Å². The number of likely N-dealkylation sites (N-methyl/N-ethyl adjacent to an activating group) is 1. The number of nitrogens with zero attached hydrogens (tertiary/aromatic N) is 1. The maximum atomic E-state index is 9.69. The van der Waals surface area contributed by atoms with Gasteiger partial charge in [0.25, 0.3) is 0 Å². The molecule has 0 aliphatic heterocycles. The fourth-order valence-electron chi connectivity index (χ4n) is 0.976. The summed E-state index contributed by atoms with van der Waals surface area (Å²) in [6.45, 7) is 7.66. The van der Waals surface area contributed by atoms with E-state index >= 15 is 0 Å². The number of ether oxygens (including phenoxy) is 1. The molecule has 0 heterocycles. The normalized spacial score (nSPS) is 15.6. The van der Waals surface area contributed by atoms with E-state index < -0.39 is 5.60 Å². The van der Waals surface area contributed by atoms with Crippen LogP contribution in [0.25, 0.3) is 0 Å². The molecule has 0 spiro atoms. The highest BCUT2D eigenvalue weighted by Gasteiger charge is 2.15. The summed E-state index contributed by atoms with van der Waals surface area (Å²) in [6, 6.07) is 0. The molecule has 0 bridgehead atoms. The summed E-state index contributed by atoms with van der Waals surface area (Å²) in [5, 5.41) is 12.9. The third-order valence-corrected chi connectivity index (χ3v) is 2.37. The first-order chi connectivity index (χ1) is 6.98. The zero-order valence-electron chi connectivity index (χ0n) is 10.5. The monoisotopic (exact) mass is 218 g/mol. The van der Waals surface area contributed by atoms with E-state index in [1.165, 1.54) is 0 Å². The third kappa shape index (κ3) is 10.1. The molecule has 4 heteroatoms. The van der Waals surface area contributed by atoms with Crippen LogP contribution >= 0.6 is 0 Å². The molecule has 1 atom stereocenters. The summed E-state index contributed by atoms with van der Waals surface area (Å²) in [6.07, 6.45) is 0.765. The Labute approximate surface area is 93.6 Å². The summed E-state index contributed by atoms with van der Waals surface area (Å²) in [5.74, 6) is 0. The summed E-state index contributed by atoms with van der Waals surface area (Å²) in [7, 11) is 4.06. The molecular formula is C11H26N2O2. The van der Waals surface area contributed by atoms with Gasteiger partial charge >= 0.3 is 0 Å². The Balaban J connectivity index is 3.18. The maximum absolute atomic E-state index is 9.69. The molecule has 2 N–H and O–H groups in total. The van der Waals surface area contributed by atoms with Crippen LogP contribution in [0.1, 0.15) is 20.3 Å². The Kier molecular flexibility index (Phi) is 7.96. The smallest absolute Gasteiger partial charge is 0.0741 e. The van der Waals surface area contributed by atoms with Crippen LogP contribution in [0.2, 0.25) is 0 Å². The molecule has 0 saturated carbocycles. The predicted molar refractivity (Wildman–Crippen MR) is 63.2 cm³/mol. The molecule has 0 rings (SSSR count). The van der Waals surface area contributed by atoms with Crippen molar-refractivity contribution < 1.29 is 9.84 Å². The lowest BCUT2D eigenvalue weighted by atomic mass is 10.0. The molecule has 4 nitrogen and oxygen atoms in total. The Morgan fingerprint density at radius 2 is 2.00 bits per heavy atom. The first kappa shape index (κ1) is 14.8. The van der Waals surface area contributed by atoms with Crippen LogP contribution in [-0.4, -0.2) is 62.6 Å². The first-order valence-corrected chi connectivity index (χ1v) is 5.63. The van der Waals surface area contributed by atoms with E-state index in [4.69, 9.17) is 4.74 Å². The van der Waals surface area contributed by atoms with Gasteiger partial charge in [0.05, 0.1) is 18.8 Å². The van der Waals surface area contributed by atoms with Gasteiger partial charge in [0.2, 0.25) is 0 Å². The Morgan fingerprint density at radius 1 is 1.33 bits per heavy atom. The van der Waals surface area contributed by atoms with E-state index in [9.17, 15) is 5.11 Å². The summed E-state index contributed by atoms with van der Waals surface area (Å²) >= 11 is 0. The molecule has 0 radical (unpaired) electrons. The zero-order chi connectivity index (χ0) is 11.7. The summed E-state index contributed by atoms with van der Waals surface area (Å²) in [5.41, 5.74) is -0.594. The van der Waals surface area contributed by atoms with E-state index in [1.54, 1.807) is 0 Å². The van der Waals surface area contributed by atoms with Gasteiger partial charge in [-0.05, 0) is 27.4 Å². The van der Waals surface area contributed by atoms with E-state index in [1.807, 2.05) is 27.9 Å². The number of nitrogens with one attached hydrogen (secondary N) is 1. The average Bonchev–Trinajstić information content (AvgIpc) is 2.16. The van der Waals surface area contributed by atoms with Crippen molar-refractivity contribution in [2.24, 2.45) is 0 Å². The van der Waals surface area contributed by atoms with Crippen LogP contribution in [0.3, 0.4) is 0 Å². The van der Waals surface area contributed by atoms with Crippen LogP contribution in [0, 0.1) is 0 Å². The minimum absolute atomic E-state index is 0.594. The number of hydrogen-bond acceptors (Lipinski definition) is 4. The van der Waals surface area contributed by atoms with Gasteiger partial charge in [-0.15, -0.1) is 0 Å². The van der Waals surface area contributed by atoms with Gasteiger partial charge < -0.3 is 20.1 Å². The van der Waals surface area contributed by atoms with Crippen molar-refractivity contribution >= 4 is 0 Å². The second kappa shape index (κ2) is 8.05. The largest absolute Gasteiger partial charge is 0.389 e. The van der Waals surface area contributed by atoms with Crippen LogP contribution in [-0.2, 0) is 4.74 Å². The Morgan fingerprint density at radius 3 is 2.53 bits per heavy atom. The van der Waals surface area contributed by atoms with Gasteiger partial charge in [-0.1, -0.05) is 6.92 Å². The predicted octanol–water partition coefficient (Wildman–Crippen LogP) is 0.315. The molecule has 0 aromatic rings. The lowest BCUT2D eigenvalue weighted by Gasteiger charge is -2.21. The highest BCUT2D eigenvalue weighted by Crippen LogP contribution is 2.05. The molecule has 0 saturated heterocycles. The van der Waals surface area contributed by atoms with E-state index in [-0.39, 0.29) is 0 Å². The number of hydrogen-bond donors (Lipinski definition) is 2. The van der Waals surface area contributed by atoms with Gasteiger partial charge in [-0.2, -0.15) is 0 Å². The van der Waals surface area contributed by atoms with Crippen LogP contribution in [0.4, 0.5) is 0 Å². The SMILES string of the molecule is CCC(C)(O)CNCCOCCN(C)C. The average molecular weight is 218 g/mol. The fourth-order valence-corrected chi connectivity index (χ4v) is 0.976. The van der Waals surface area contributed by atoms with E-state index in [2.05, 4.69) is 10.2 Å². The minimum Gasteiger partial charge on any atom is -0.389 e. The van der Waals surface area contributed by atoms with Gasteiger partial charge in [0.15, 0.2) is 0 Å². The minimum atomic E-state index is -0.594. The van der Waals surface area contributed by atoms with Gasteiger partial charge in [-0.3, -0.25) is 0 Å². The van der Waals surface area contributed by atoms with Gasteiger partial charge in [-0.25, -0.2) is 0 Å². The van der Waals surface area contributed by atoms with Crippen molar-refractivity contribution in [3.05, 3.63) is 0 Å². The van der Waals surface area contributed by atoms with Crippen LogP contribution < -0.4 is 5.32 Å². The highest BCUT2D eigenvalue weighted by molar-refractivity contribution is 4.72. The fraction of sp³-hybridized carbons (Fsp3) is 1.00. The summed E-state index contributed by atoms with van der Waals surface area (Å²) in [4.78, 5) is 2.09. The van der Waals surface area contributed by atoms with Crippen molar-refractivity contribution in [2.75, 3.05) is 46.9 Å². The lowest BCUT2D eigenvalue weighted by Crippen LogP contribution is -2.38. The molecular weight excluding hydrogens is 192 g/mol. The maximum Gasteiger partial charge on any atom is 0.0741 e. The second-order valence-electron chi connectivity index (χ2n) is 4.44. The quantitative estimate of drug-likeness (QED) is 0.547. The standard InChI is InChI=1S/C11H26N2O2/c1-5-11(2,14)10-12-6-8-15-9-7-13(3)4/h12,14H,5-10H2,1-4H3. The van der Waals surface area contributed by atoms with Crippen molar-refractivity contribution in [1.29, 1.82) is 0 Å². The molecule has 0 aliphatic rings. The molecule has 15 heavy (non-hydrogen) atoms. The van der Waals surface area contributed by atoms with Crippen LogP contribution in [0.15, 0.2) is 0 Å². The van der Waals surface area contributed by atoms with Gasteiger partial charge in [0, 0.05) is 19.6 Å². The molecule has 0 aromatic heterocycles. The van der Waals surface area contributed by atoms with Crippen molar-refractivity contribution in [3.63, 3.8) is 0 Å². The van der Waals surface area contributed by atoms with Crippen molar-refractivity contribution in [2.45, 2.75) is 25.9 Å². The molecule has 1 unspecified atom stereocenters. The number of rotatable bonds is 9. The molecule has 92 valence electrons. The molecule has 0 aromatic carbocycles. The highest BCUT2D eigenvalue weighted by atomic mass is 16.5. The molecule has 0 aliphatic carbocycles. The number of aliphatic hydroxyl groups is 1. The van der Waals surface area contributed by atoms with Crippen LogP contribution in [0.5, 0.6) is 0 Å². The Bertz CT molecular complexity index is 150. The molecule has 0 amide bonds. The van der Waals surface area contributed by atoms with Gasteiger partial charge in [0.1, 0.15) is 0 Å². The second-order valence-corrected chi connectivity index (χ2v) is 4.44. The molecule has 0 fully saturated rings.